The van der Waals surface area contributed by atoms with E-state index in [4.69, 9.17) is 4.74 Å². The van der Waals surface area contributed by atoms with Gasteiger partial charge in [0, 0.05) is 29.5 Å². The van der Waals surface area contributed by atoms with Crippen LogP contribution in [0.4, 0.5) is 15.5 Å². The van der Waals surface area contributed by atoms with Crippen molar-refractivity contribution in [3.05, 3.63) is 28.7 Å². The van der Waals surface area contributed by atoms with Gasteiger partial charge in [-0.3, -0.25) is 4.98 Å². The van der Waals surface area contributed by atoms with Gasteiger partial charge in [-0.05, 0) is 13.8 Å². The number of rotatable bonds is 4. The minimum atomic E-state index is -1.73. The van der Waals surface area contributed by atoms with Gasteiger partial charge in [-0.25, -0.2) is 19.3 Å². The van der Waals surface area contributed by atoms with Crippen LogP contribution in [0.25, 0.3) is 11.0 Å². The summed E-state index contributed by atoms with van der Waals surface area (Å²) in [4.78, 5) is 35.9. The molecule has 3 N–H and O–H groups in total. The molecule has 0 aliphatic carbocycles. The first-order valence-electron chi connectivity index (χ1n) is 9.54. The molecule has 4 heterocycles. The molecule has 0 radical (unpaired) electrons. The summed E-state index contributed by atoms with van der Waals surface area (Å²) >= 11 is 1.19. The lowest BCUT2D eigenvalue weighted by atomic mass is 10.1. The van der Waals surface area contributed by atoms with Crippen LogP contribution >= 0.6 is 11.8 Å². The molecule has 1 atom stereocenters. The number of pyridine rings is 1. The van der Waals surface area contributed by atoms with Gasteiger partial charge in [-0.2, -0.15) is 10.1 Å². The van der Waals surface area contributed by atoms with E-state index in [0.29, 0.717) is 33.3 Å². The number of ether oxygens (including phenoxy) is 1. The Labute approximate surface area is 185 Å². The first-order chi connectivity index (χ1) is 15.2. The number of aryl methyl sites for hydroxylation is 1. The second kappa shape index (κ2) is 8.24. The third-order valence-electron chi connectivity index (χ3n) is 5.09. The number of carbonyl (C=O) groups is 2. The highest BCUT2D eigenvalue weighted by Crippen LogP contribution is 2.35. The Kier molecular flexibility index (Phi) is 5.60. The van der Waals surface area contributed by atoms with Crippen LogP contribution in [-0.4, -0.2) is 71.2 Å². The van der Waals surface area contributed by atoms with Crippen LogP contribution in [0, 0.1) is 13.8 Å². The van der Waals surface area contributed by atoms with Crippen molar-refractivity contribution < 1.29 is 29.6 Å². The van der Waals surface area contributed by atoms with Crippen LogP contribution in [0.2, 0.25) is 0 Å². The lowest BCUT2D eigenvalue weighted by Gasteiger charge is -2.14. The molecule has 1 aliphatic heterocycles. The van der Waals surface area contributed by atoms with Crippen molar-refractivity contribution in [3.63, 3.8) is 0 Å². The normalized spacial score (nSPS) is 15.4. The van der Waals surface area contributed by atoms with Crippen LogP contribution < -0.4 is 9.64 Å². The second-order valence-electron chi connectivity index (χ2n) is 7.25. The zero-order chi connectivity index (χ0) is 23.2. The van der Waals surface area contributed by atoms with E-state index in [1.807, 2.05) is 13.8 Å². The molecule has 0 fully saturated rings. The summed E-state index contributed by atoms with van der Waals surface area (Å²) in [5.74, 6) is 0.491. The molecule has 1 aliphatic rings. The Hall–Kier alpha value is -3.45. The van der Waals surface area contributed by atoms with Crippen LogP contribution in [0.5, 0.6) is 5.75 Å². The van der Waals surface area contributed by atoms with Crippen LogP contribution in [0.3, 0.4) is 0 Å². The standard InChI is InChI=1S/C19H20N6O6S/c1-8-5-20-12(9(2)14(8)31-3)6-24-15-13-11(23-24)4-10(26)7-32-16(13)22-17(21-15)25(18(27)28)19(29)30/h5,10,26H,4,6-7H2,1-3H3,(H,27,28)(H,29,30). The molecule has 0 aromatic carbocycles. The predicted octanol–water partition coefficient (Wildman–Crippen LogP) is 2.07. The smallest absolute Gasteiger partial charge is 0.424 e. The van der Waals surface area contributed by atoms with Crippen molar-refractivity contribution >= 4 is 40.9 Å². The van der Waals surface area contributed by atoms with Gasteiger partial charge in [0.05, 0.1) is 36.5 Å². The maximum absolute atomic E-state index is 11.5. The summed E-state index contributed by atoms with van der Waals surface area (Å²) in [6, 6.07) is 0. The Bertz CT molecular complexity index is 1230. The molecule has 168 valence electrons. The van der Waals surface area contributed by atoms with Crippen molar-refractivity contribution in [1.82, 2.24) is 24.7 Å². The highest BCUT2D eigenvalue weighted by Gasteiger charge is 2.30. The summed E-state index contributed by atoms with van der Waals surface area (Å²) in [5.41, 5.74) is 3.15. The Balaban J connectivity index is 1.91. The number of carboxylic acid groups (broad SMARTS) is 2. The fraction of sp³-hybridized carbons (Fsp3) is 0.368. The fourth-order valence-corrected chi connectivity index (χ4v) is 4.61. The molecule has 0 saturated carbocycles. The summed E-state index contributed by atoms with van der Waals surface area (Å²) < 4.78 is 6.98. The number of imide groups is 1. The number of aliphatic hydroxyl groups is 1. The maximum Gasteiger partial charge on any atom is 0.424 e. The molecular weight excluding hydrogens is 440 g/mol. The van der Waals surface area contributed by atoms with Crippen LogP contribution in [0.15, 0.2) is 11.2 Å². The van der Waals surface area contributed by atoms with E-state index >= 15 is 0 Å². The van der Waals surface area contributed by atoms with Crippen molar-refractivity contribution in [3.8, 4) is 5.75 Å². The summed E-state index contributed by atoms with van der Waals surface area (Å²) in [5, 5.41) is 34.5. The molecule has 1 unspecified atom stereocenters. The van der Waals surface area contributed by atoms with Crippen molar-refractivity contribution in [2.75, 3.05) is 17.8 Å². The van der Waals surface area contributed by atoms with Crippen LogP contribution in [-0.2, 0) is 13.0 Å². The van der Waals surface area contributed by atoms with Gasteiger partial charge < -0.3 is 20.1 Å². The molecule has 13 heteroatoms. The van der Waals surface area contributed by atoms with E-state index < -0.39 is 24.2 Å². The molecule has 3 aromatic rings. The number of amides is 2. The fourth-order valence-electron chi connectivity index (χ4n) is 3.64. The first kappa shape index (κ1) is 21.8. The number of hydrogen-bond acceptors (Lipinski definition) is 9. The molecule has 32 heavy (non-hydrogen) atoms. The average Bonchev–Trinajstić information content (AvgIpc) is 2.96. The van der Waals surface area contributed by atoms with Gasteiger partial charge in [0.25, 0.3) is 0 Å². The van der Waals surface area contributed by atoms with Gasteiger partial charge >= 0.3 is 12.2 Å². The van der Waals surface area contributed by atoms with Gasteiger partial charge in [0.1, 0.15) is 10.8 Å². The highest BCUT2D eigenvalue weighted by atomic mass is 32.2. The number of anilines is 1. The third-order valence-corrected chi connectivity index (χ3v) is 6.21. The van der Waals surface area contributed by atoms with Gasteiger partial charge in [-0.15, -0.1) is 16.7 Å². The van der Waals surface area contributed by atoms with E-state index in [0.717, 1.165) is 11.1 Å². The number of nitrogens with zero attached hydrogens (tertiary/aromatic N) is 6. The maximum atomic E-state index is 11.5. The van der Waals surface area contributed by atoms with E-state index in [2.05, 4.69) is 20.1 Å². The van der Waals surface area contributed by atoms with Crippen molar-refractivity contribution in [2.45, 2.75) is 37.9 Å². The SMILES string of the molecule is COc1c(C)cnc(Cn2nc3c4c(nc(N(C(=O)O)C(=O)O)nc42)SCC(O)C3)c1C. The number of methoxy groups -OCH3 is 1. The van der Waals surface area contributed by atoms with Crippen molar-refractivity contribution in [1.29, 1.82) is 0 Å². The topological polar surface area (TPSA) is 164 Å². The summed E-state index contributed by atoms with van der Waals surface area (Å²) in [6.45, 7) is 3.93. The quantitative estimate of drug-likeness (QED) is 0.488. The molecule has 0 spiro atoms. The number of hydrogen-bond donors (Lipinski definition) is 3. The zero-order valence-electron chi connectivity index (χ0n) is 17.4. The minimum absolute atomic E-state index is 0.0488. The molecule has 3 aromatic heterocycles. The van der Waals surface area contributed by atoms with Gasteiger partial charge in [-0.1, -0.05) is 0 Å². The average molecular weight is 460 g/mol. The molecule has 0 saturated heterocycles. The van der Waals surface area contributed by atoms with E-state index in [-0.39, 0.29) is 23.5 Å². The van der Waals surface area contributed by atoms with Crippen molar-refractivity contribution in [2.24, 2.45) is 0 Å². The lowest BCUT2D eigenvalue weighted by molar-refractivity contribution is 0.183. The first-order valence-corrected chi connectivity index (χ1v) is 10.5. The minimum Gasteiger partial charge on any atom is -0.496 e. The monoisotopic (exact) mass is 460 g/mol. The van der Waals surface area contributed by atoms with Crippen LogP contribution in [0.1, 0.15) is 22.5 Å². The summed E-state index contributed by atoms with van der Waals surface area (Å²) in [6.07, 6.45) is -2.21. The molecule has 4 rings (SSSR count). The van der Waals surface area contributed by atoms with E-state index in [1.165, 1.54) is 16.4 Å². The number of aliphatic hydroxyl groups excluding tert-OH is 1. The lowest BCUT2D eigenvalue weighted by Crippen LogP contribution is -2.36. The number of aromatic nitrogens is 5. The third kappa shape index (κ3) is 3.69. The Morgan fingerprint density at radius 3 is 2.66 bits per heavy atom. The Morgan fingerprint density at radius 1 is 1.28 bits per heavy atom. The Morgan fingerprint density at radius 2 is 2.00 bits per heavy atom. The number of thioether (sulfide) groups is 1. The molecule has 2 amide bonds. The highest BCUT2D eigenvalue weighted by molar-refractivity contribution is 7.99. The largest absolute Gasteiger partial charge is 0.496 e. The zero-order valence-corrected chi connectivity index (χ0v) is 18.3. The molecule has 12 nitrogen and oxygen atoms in total. The summed E-state index contributed by atoms with van der Waals surface area (Å²) in [7, 11) is 1.57. The predicted molar refractivity (Wildman–Crippen MR) is 114 cm³/mol. The molecular formula is C19H20N6O6S. The van der Waals surface area contributed by atoms with Gasteiger partial charge in [0.15, 0.2) is 5.65 Å². The molecule has 0 bridgehead atoms. The van der Waals surface area contributed by atoms with E-state index in [1.54, 1.807) is 13.3 Å². The van der Waals surface area contributed by atoms with E-state index in [9.17, 15) is 24.9 Å². The second-order valence-corrected chi connectivity index (χ2v) is 8.26. The van der Waals surface area contributed by atoms with Gasteiger partial charge in [0.2, 0.25) is 5.95 Å².